The van der Waals surface area contributed by atoms with Crippen LogP contribution in [0.15, 0.2) is 0 Å². The van der Waals surface area contributed by atoms with Gasteiger partial charge in [-0.1, -0.05) is 0 Å². The van der Waals surface area contributed by atoms with Crippen LogP contribution in [-0.2, 0) is 0 Å². The molecule has 1 atom stereocenters. The maximum atomic E-state index is 11.5. The second-order valence-electron chi connectivity index (χ2n) is 3.91. The Hall–Kier alpha value is -0.770. The first-order valence-electron chi connectivity index (χ1n) is 4.88. The summed E-state index contributed by atoms with van der Waals surface area (Å²) in [6.45, 7) is 8.55. The van der Waals surface area contributed by atoms with Crippen molar-refractivity contribution in [2.45, 2.75) is 32.9 Å². The summed E-state index contributed by atoms with van der Waals surface area (Å²) in [5.74, 6) is 0. The lowest BCUT2D eigenvalue weighted by atomic mass is 10.2. The summed E-state index contributed by atoms with van der Waals surface area (Å²) in [7, 11) is 0. The standard InChI is InChI=1S/C9H19N3O/c1-7(2)11-9(13)12-5-4-10-8(3)6-12/h7-8,10H,4-6H2,1-3H3,(H,11,13)/t8-/m1/s1. The van der Waals surface area contributed by atoms with Gasteiger partial charge in [-0.3, -0.25) is 0 Å². The summed E-state index contributed by atoms with van der Waals surface area (Å²) in [5.41, 5.74) is 0. The normalized spacial score (nSPS) is 23.4. The third-order valence-corrected chi connectivity index (χ3v) is 2.07. The van der Waals surface area contributed by atoms with E-state index in [2.05, 4.69) is 17.6 Å². The monoisotopic (exact) mass is 185 g/mol. The Kier molecular flexibility index (Phi) is 3.54. The van der Waals surface area contributed by atoms with Crippen LogP contribution in [0.2, 0.25) is 0 Å². The molecule has 0 aromatic rings. The molecule has 1 aliphatic heterocycles. The van der Waals surface area contributed by atoms with Crippen molar-refractivity contribution in [2.24, 2.45) is 0 Å². The van der Waals surface area contributed by atoms with E-state index < -0.39 is 0 Å². The predicted octanol–water partition coefficient (Wildman–Crippen LogP) is 0.398. The second kappa shape index (κ2) is 4.46. The predicted molar refractivity (Wildman–Crippen MR) is 52.7 cm³/mol. The van der Waals surface area contributed by atoms with Crippen molar-refractivity contribution < 1.29 is 4.79 Å². The highest BCUT2D eigenvalue weighted by molar-refractivity contribution is 5.74. The summed E-state index contributed by atoms with van der Waals surface area (Å²) in [6, 6.07) is 0.688. The Morgan fingerprint density at radius 2 is 2.31 bits per heavy atom. The Bertz CT molecular complexity index is 182. The van der Waals surface area contributed by atoms with Gasteiger partial charge in [-0.25, -0.2) is 4.79 Å². The third-order valence-electron chi connectivity index (χ3n) is 2.07. The number of carbonyl (C=O) groups excluding carboxylic acids is 1. The molecule has 1 aliphatic rings. The van der Waals surface area contributed by atoms with Crippen LogP contribution in [0.5, 0.6) is 0 Å². The summed E-state index contributed by atoms with van der Waals surface area (Å²) < 4.78 is 0. The van der Waals surface area contributed by atoms with Crippen LogP contribution in [-0.4, -0.2) is 42.6 Å². The van der Waals surface area contributed by atoms with E-state index >= 15 is 0 Å². The number of urea groups is 1. The number of amides is 2. The second-order valence-corrected chi connectivity index (χ2v) is 3.91. The number of nitrogens with zero attached hydrogens (tertiary/aromatic N) is 1. The van der Waals surface area contributed by atoms with Gasteiger partial charge in [0.2, 0.25) is 0 Å². The van der Waals surface area contributed by atoms with Crippen molar-refractivity contribution in [3.63, 3.8) is 0 Å². The van der Waals surface area contributed by atoms with Gasteiger partial charge in [-0.15, -0.1) is 0 Å². The maximum absolute atomic E-state index is 11.5. The van der Waals surface area contributed by atoms with Gasteiger partial charge in [0.15, 0.2) is 0 Å². The SMILES string of the molecule is CC(C)NC(=O)N1CCN[C@H](C)C1. The van der Waals surface area contributed by atoms with Crippen LogP contribution in [0.3, 0.4) is 0 Å². The molecule has 2 N–H and O–H groups in total. The number of rotatable bonds is 1. The first-order valence-corrected chi connectivity index (χ1v) is 4.88. The maximum Gasteiger partial charge on any atom is 0.317 e. The molecule has 4 nitrogen and oxygen atoms in total. The molecule has 13 heavy (non-hydrogen) atoms. The zero-order valence-corrected chi connectivity index (χ0v) is 8.63. The minimum Gasteiger partial charge on any atom is -0.336 e. The van der Waals surface area contributed by atoms with E-state index in [0.29, 0.717) is 6.04 Å². The lowest BCUT2D eigenvalue weighted by Gasteiger charge is -2.32. The number of carbonyl (C=O) groups is 1. The Morgan fingerprint density at radius 1 is 1.62 bits per heavy atom. The first-order chi connectivity index (χ1) is 6.09. The summed E-state index contributed by atoms with van der Waals surface area (Å²) in [5, 5.41) is 6.19. The van der Waals surface area contributed by atoms with Crippen molar-refractivity contribution in [3.8, 4) is 0 Å². The van der Waals surface area contributed by atoms with Crippen LogP contribution >= 0.6 is 0 Å². The molecular formula is C9H19N3O. The van der Waals surface area contributed by atoms with Crippen molar-refractivity contribution >= 4 is 6.03 Å². The summed E-state index contributed by atoms with van der Waals surface area (Å²) in [4.78, 5) is 13.4. The molecule has 0 unspecified atom stereocenters. The average molecular weight is 185 g/mol. The van der Waals surface area contributed by atoms with E-state index in [0.717, 1.165) is 19.6 Å². The lowest BCUT2D eigenvalue weighted by molar-refractivity contribution is 0.177. The van der Waals surface area contributed by atoms with Crippen LogP contribution in [0.25, 0.3) is 0 Å². The Labute approximate surface area is 79.7 Å². The quantitative estimate of drug-likeness (QED) is 0.621. The molecule has 0 spiro atoms. The van der Waals surface area contributed by atoms with E-state index in [1.165, 1.54) is 0 Å². The van der Waals surface area contributed by atoms with Crippen LogP contribution < -0.4 is 10.6 Å². The lowest BCUT2D eigenvalue weighted by Crippen LogP contribution is -2.54. The number of hydrogen-bond donors (Lipinski definition) is 2. The fraction of sp³-hybridized carbons (Fsp3) is 0.889. The molecule has 0 radical (unpaired) electrons. The van der Waals surface area contributed by atoms with Gasteiger partial charge in [0.05, 0.1) is 0 Å². The highest BCUT2D eigenvalue weighted by Crippen LogP contribution is 1.99. The largest absolute Gasteiger partial charge is 0.336 e. The molecule has 4 heteroatoms. The van der Waals surface area contributed by atoms with Crippen LogP contribution in [0, 0.1) is 0 Å². The molecule has 1 saturated heterocycles. The highest BCUT2D eigenvalue weighted by Gasteiger charge is 2.20. The van der Waals surface area contributed by atoms with Crippen molar-refractivity contribution in [1.29, 1.82) is 0 Å². The molecule has 1 heterocycles. The Morgan fingerprint density at radius 3 is 2.85 bits per heavy atom. The minimum absolute atomic E-state index is 0.0587. The molecule has 0 aromatic carbocycles. The fourth-order valence-corrected chi connectivity index (χ4v) is 1.46. The zero-order valence-electron chi connectivity index (χ0n) is 8.63. The van der Waals surface area contributed by atoms with E-state index in [1.807, 2.05) is 18.7 Å². The van der Waals surface area contributed by atoms with Gasteiger partial charge >= 0.3 is 6.03 Å². The van der Waals surface area contributed by atoms with Gasteiger partial charge in [0, 0.05) is 31.7 Å². The average Bonchev–Trinajstić information content (AvgIpc) is 2.03. The molecule has 0 saturated carbocycles. The smallest absolute Gasteiger partial charge is 0.317 e. The molecule has 0 aliphatic carbocycles. The molecule has 0 aromatic heterocycles. The number of hydrogen-bond acceptors (Lipinski definition) is 2. The minimum atomic E-state index is 0.0587. The van der Waals surface area contributed by atoms with Gasteiger partial charge < -0.3 is 15.5 Å². The summed E-state index contributed by atoms with van der Waals surface area (Å²) in [6.07, 6.45) is 0. The van der Waals surface area contributed by atoms with E-state index in [-0.39, 0.29) is 12.1 Å². The molecule has 76 valence electrons. The van der Waals surface area contributed by atoms with E-state index in [1.54, 1.807) is 0 Å². The van der Waals surface area contributed by atoms with Gasteiger partial charge in [0.1, 0.15) is 0 Å². The number of piperazine rings is 1. The Balaban J connectivity index is 2.37. The van der Waals surface area contributed by atoms with Gasteiger partial charge in [0.25, 0.3) is 0 Å². The van der Waals surface area contributed by atoms with Gasteiger partial charge in [-0.2, -0.15) is 0 Å². The summed E-state index contributed by atoms with van der Waals surface area (Å²) >= 11 is 0. The number of nitrogens with one attached hydrogen (secondary N) is 2. The van der Waals surface area contributed by atoms with Crippen molar-refractivity contribution in [2.75, 3.05) is 19.6 Å². The van der Waals surface area contributed by atoms with Crippen molar-refractivity contribution in [1.82, 2.24) is 15.5 Å². The molecule has 0 bridgehead atoms. The van der Waals surface area contributed by atoms with E-state index in [9.17, 15) is 4.79 Å². The first kappa shape index (κ1) is 10.3. The topological polar surface area (TPSA) is 44.4 Å². The highest BCUT2D eigenvalue weighted by atomic mass is 16.2. The molecule has 2 amide bonds. The molecule has 1 rings (SSSR count). The molecule has 1 fully saturated rings. The molecular weight excluding hydrogens is 166 g/mol. The fourth-order valence-electron chi connectivity index (χ4n) is 1.46. The van der Waals surface area contributed by atoms with E-state index in [4.69, 9.17) is 0 Å². The third kappa shape index (κ3) is 3.22. The zero-order chi connectivity index (χ0) is 9.84. The van der Waals surface area contributed by atoms with Gasteiger partial charge in [-0.05, 0) is 20.8 Å². The van der Waals surface area contributed by atoms with Crippen molar-refractivity contribution in [3.05, 3.63) is 0 Å². The van der Waals surface area contributed by atoms with Crippen LogP contribution in [0.1, 0.15) is 20.8 Å². The van der Waals surface area contributed by atoms with Crippen LogP contribution in [0.4, 0.5) is 4.79 Å².